The molecule has 0 aliphatic heterocycles. The molecule has 1 aromatic heterocycles. The van der Waals surface area contributed by atoms with Crippen molar-refractivity contribution in [1.82, 2.24) is 15.1 Å². The van der Waals surface area contributed by atoms with Gasteiger partial charge in [0.05, 0.1) is 12.3 Å². The Balaban J connectivity index is 1.83. The molecular weight excluding hydrogens is 250 g/mol. The average molecular weight is 273 g/mol. The molecule has 0 aliphatic carbocycles. The number of benzene rings is 1. The molecule has 1 aromatic carbocycles. The highest BCUT2D eigenvalue weighted by Crippen LogP contribution is 2.18. The van der Waals surface area contributed by atoms with Gasteiger partial charge in [0.25, 0.3) is 0 Å². The van der Waals surface area contributed by atoms with Gasteiger partial charge in [-0.2, -0.15) is 5.10 Å². The first-order chi connectivity index (χ1) is 9.56. The van der Waals surface area contributed by atoms with Gasteiger partial charge in [-0.15, -0.1) is 0 Å². The molecule has 0 saturated carbocycles. The highest BCUT2D eigenvalue weighted by molar-refractivity contribution is 5.26. The van der Waals surface area contributed by atoms with Crippen LogP contribution in [0.5, 0.6) is 0 Å². The first-order valence-electron chi connectivity index (χ1n) is 7.02. The molecule has 4 heteroatoms. The van der Waals surface area contributed by atoms with E-state index in [9.17, 15) is 5.11 Å². The highest BCUT2D eigenvalue weighted by Gasteiger charge is 2.08. The SMILES string of the molecule is CC(C)c1ccc(C(O)CNCc2cnn(C)c2)cc1. The summed E-state index contributed by atoms with van der Waals surface area (Å²) < 4.78 is 1.78. The molecule has 0 spiro atoms. The van der Waals surface area contributed by atoms with Crippen LogP contribution >= 0.6 is 0 Å². The summed E-state index contributed by atoms with van der Waals surface area (Å²) in [5, 5.41) is 17.5. The van der Waals surface area contributed by atoms with Crippen LogP contribution in [0.15, 0.2) is 36.7 Å². The quantitative estimate of drug-likeness (QED) is 0.849. The van der Waals surface area contributed by atoms with E-state index in [2.05, 4.69) is 36.4 Å². The molecule has 2 aromatic rings. The van der Waals surface area contributed by atoms with Crippen LogP contribution < -0.4 is 5.32 Å². The summed E-state index contributed by atoms with van der Waals surface area (Å²) in [6, 6.07) is 8.19. The third-order valence-electron chi connectivity index (χ3n) is 3.41. The van der Waals surface area contributed by atoms with Crippen molar-refractivity contribution in [2.75, 3.05) is 6.54 Å². The minimum atomic E-state index is -0.479. The summed E-state index contributed by atoms with van der Waals surface area (Å²) in [6.45, 7) is 5.59. The van der Waals surface area contributed by atoms with Crippen molar-refractivity contribution in [2.45, 2.75) is 32.4 Å². The van der Waals surface area contributed by atoms with E-state index in [0.717, 1.165) is 17.7 Å². The third kappa shape index (κ3) is 3.92. The lowest BCUT2D eigenvalue weighted by atomic mass is 10.00. The van der Waals surface area contributed by atoms with Crippen LogP contribution in [0.25, 0.3) is 0 Å². The Bertz CT molecular complexity index is 531. The number of rotatable bonds is 6. The monoisotopic (exact) mass is 273 g/mol. The predicted octanol–water partition coefficient (Wildman–Crippen LogP) is 2.37. The molecule has 0 saturated heterocycles. The molecule has 0 bridgehead atoms. The number of hydrogen-bond acceptors (Lipinski definition) is 3. The van der Waals surface area contributed by atoms with Crippen molar-refractivity contribution < 1.29 is 5.11 Å². The molecule has 1 atom stereocenters. The molecule has 0 fully saturated rings. The summed E-state index contributed by atoms with van der Waals surface area (Å²) in [6.07, 6.45) is 3.32. The summed E-state index contributed by atoms with van der Waals surface area (Å²) in [7, 11) is 1.90. The predicted molar refractivity (Wildman–Crippen MR) is 80.4 cm³/mol. The average Bonchev–Trinajstić information content (AvgIpc) is 2.84. The fraction of sp³-hybridized carbons (Fsp3) is 0.438. The largest absolute Gasteiger partial charge is 0.387 e. The van der Waals surface area contributed by atoms with Crippen LogP contribution in [0.3, 0.4) is 0 Å². The van der Waals surface area contributed by atoms with E-state index >= 15 is 0 Å². The van der Waals surface area contributed by atoms with Crippen LogP contribution in [-0.4, -0.2) is 21.4 Å². The van der Waals surface area contributed by atoms with Gasteiger partial charge in [-0.1, -0.05) is 38.1 Å². The van der Waals surface area contributed by atoms with Gasteiger partial charge in [0.1, 0.15) is 0 Å². The first kappa shape index (κ1) is 14.8. The smallest absolute Gasteiger partial charge is 0.0914 e. The van der Waals surface area contributed by atoms with E-state index in [0.29, 0.717) is 12.5 Å². The zero-order valence-electron chi connectivity index (χ0n) is 12.4. The number of nitrogens with zero attached hydrogens (tertiary/aromatic N) is 2. The Hall–Kier alpha value is -1.65. The van der Waals surface area contributed by atoms with E-state index in [4.69, 9.17) is 0 Å². The normalized spacial score (nSPS) is 12.8. The lowest BCUT2D eigenvalue weighted by Gasteiger charge is -2.13. The summed E-state index contributed by atoms with van der Waals surface area (Å²) in [5.41, 5.74) is 3.37. The number of aliphatic hydroxyl groups excluding tert-OH is 1. The van der Waals surface area contributed by atoms with Crippen LogP contribution in [0.2, 0.25) is 0 Å². The molecule has 4 nitrogen and oxygen atoms in total. The summed E-state index contributed by atoms with van der Waals surface area (Å²) in [4.78, 5) is 0. The van der Waals surface area contributed by atoms with Crippen molar-refractivity contribution in [3.8, 4) is 0 Å². The Labute approximate surface area is 120 Å². The van der Waals surface area contributed by atoms with Gasteiger partial charge in [0, 0.05) is 31.9 Å². The molecule has 20 heavy (non-hydrogen) atoms. The van der Waals surface area contributed by atoms with E-state index in [1.165, 1.54) is 5.56 Å². The minimum Gasteiger partial charge on any atom is -0.387 e. The maximum absolute atomic E-state index is 10.1. The molecular formula is C16H23N3O. The molecule has 1 heterocycles. The Morgan fingerprint density at radius 2 is 1.85 bits per heavy atom. The lowest BCUT2D eigenvalue weighted by Crippen LogP contribution is -2.20. The van der Waals surface area contributed by atoms with Crippen molar-refractivity contribution in [1.29, 1.82) is 0 Å². The molecule has 0 aliphatic rings. The fourth-order valence-corrected chi connectivity index (χ4v) is 2.14. The molecule has 2 N–H and O–H groups in total. The van der Waals surface area contributed by atoms with Gasteiger partial charge in [-0.3, -0.25) is 4.68 Å². The van der Waals surface area contributed by atoms with E-state index in [1.54, 1.807) is 4.68 Å². The van der Waals surface area contributed by atoms with Crippen molar-refractivity contribution >= 4 is 0 Å². The second-order valence-corrected chi connectivity index (χ2v) is 5.49. The molecule has 1 unspecified atom stereocenters. The Morgan fingerprint density at radius 3 is 2.40 bits per heavy atom. The van der Waals surface area contributed by atoms with Crippen molar-refractivity contribution in [3.05, 3.63) is 53.3 Å². The number of aromatic nitrogens is 2. The number of hydrogen-bond donors (Lipinski definition) is 2. The second-order valence-electron chi connectivity index (χ2n) is 5.49. The number of aliphatic hydroxyl groups is 1. The fourth-order valence-electron chi connectivity index (χ4n) is 2.14. The van der Waals surface area contributed by atoms with Gasteiger partial charge in [-0.05, 0) is 17.0 Å². The van der Waals surface area contributed by atoms with E-state index in [1.807, 2.05) is 31.6 Å². The number of nitrogens with one attached hydrogen (secondary N) is 1. The van der Waals surface area contributed by atoms with Crippen molar-refractivity contribution in [3.63, 3.8) is 0 Å². The first-order valence-corrected chi connectivity index (χ1v) is 7.02. The topological polar surface area (TPSA) is 50.1 Å². The van der Waals surface area contributed by atoms with E-state index in [-0.39, 0.29) is 0 Å². The van der Waals surface area contributed by atoms with Crippen LogP contribution in [-0.2, 0) is 13.6 Å². The maximum Gasteiger partial charge on any atom is 0.0914 e. The van der Waals surface area contributed by atoms with Gasteiger partial charge in [0.15, 0.2) is 0 Å². The lowest BCUT2D eigenvalue weighted by molar-refractivity contribution is 0.174. The maximum atomic E-state index is 10.1. The molecule has 0 amide bonds. The highest BCUT2D eigenvalue weighted by atomic mass is 16.3. The molecule has 0 radical (unpaired) electrons. The number of aryl methyl sites for hydroxylation is 1. The van der Waals surface area contributed by atoms with Gasteiger partial charge in [-0.25, -0.2) is 0 Å². The molecule has 108 valence electrons. The van der Waals surface area contributed by atoms with Crippen LogP contribution in [0.1, 0.15) is 42.6 Å². The Morgan fingerprint density at radius 1 is 1.20 bits per heavy atom. The van der Waals surface area contributed by atoms with Gasteiger partial charge < -0.3 is 10.4 Å². The zero-order valence-corrected chi connectivity index (χ0v) is 12.4. The molecule has 2 rings (SSSR count). The zero-order chi connectivity index (χ0) is 14.5. The standard InChI is InChI=1S/C16H23N3O/c1-12(2)14-4-6-15(7-5-14)16(20)10-17-8-13-9-18-19(3)11-13/h4-7,9,11-12,16-17,20H,8,10H2,1-3H3. The minimum absolute atomic E-state index is 0.479. The summed E-state index contributed by atoms with van der Waals surface area (Å²) in [5.74, 6) is 0.518. The van der Waals surface area contributed by atoms with Crippen LogP contribution in [0.4, 0.5) is 0 Å². The van der Waals surface area contributed by atoms with E-state index < -0.39 is 6.10 Å². The van der Waals surface area contributed by atoms with Gasteiger partial charge >= 0.3 is 0 Å². The van der Waals surface area contributed by atoms with Gasteiger partial charge in [0.2, 0.25) is 0 Å². The second kappa shape index (κ2) is 6.68. The van der Waals surface area contributed by atoms with Crippen molar-refractivity contribution in [2.24, 2.45) is 7.05 Å². The van der Waals surface area contributed by atoms with Crippen LogP contribution in [0, 0.1) is 0 Å². The third-order valence-corrected chi connectivity index (χ3v) is 3.41. The summed E-state index contributed by atoms with van der Waals surface area (Å²) >= 11 is 0. The Kier molecular flexibility index (Phi) is 4.93.